The smallest absolute Gasteiger partial charge is 0.257 e. The minimum absolute atomic E-state index is 0.0428. The molecule has 0 atom stereocenters. The maximum absolute atomic E-state index is 13.1. The average Bonchev–Trinajstić information content (AvgIpc) is 3.08. The van der Waals surface area contributed by atoms with Gasteiger partial charge in [0.05, 0.1) is 12.7 Å². The quantitative estimate of drug-likeness (QED) is 0.557. The van der Waals surface area contributed by atoms with Crippen LogP contribution in [0.4, 0.5) is 5.69 Å². The highest BCUT2D eigenvalue weighted by Crippen LogP contribution is 2.26. The number of piperidine rings is 1. The van der Waals surface area contributed by atoms with Crippen molar-refractivity contribution in [1.29, 1.82) is 0 Å². The maximum Gasteiger partial charge on any atom is 0.257 e. The minimum Gasteiger partial charge on any atom is -0.497 e. The molecule has 1 aliphatic heterocycles. The number of aryl methyl sites for hydroxylation is 2. The van der Waals surface area contributed by atoms with Gasteiger partial charge in [0.25, 0.3) is 5.91 Å². The topological polar surface area (TPSA) is 121 Å². The van der Waals surface area contributed by atoms with Gasteiger partial charge in [-0.3, -0.25) is 9.59 Å². The fourth-order valence-corrected chi connectivity index (χ4v) is 5.38. The molecule has 3 rings (SSSR count). The molecule has 1 fully saturated rings. The summed E-state index contributed by atoms with van der Waals surface area (Å²) in [6, 6.07) is 6.89. The molecule has 0 saturated carbocycles. The predicted octanol–water partition coefficient (Wildman–Crippen LogP) is 2.57. The molecule has 0 spiro atoms. The molecular weight excluding hydrogens is 432 g/mol. The molecule has 1 aliphatic rings. The Morgan fingerprint density at radius 2 is 1.84 bits per heavy atom. The van der Waals surface area contributed by atoms with E-state index in [1.165, 1.54) is 7.11 Å². The number of carbonyl (C=O) groups excluding carboxylic acids is 2. The van der Waals surface area contributed by atoms with E-state index >= 15 is 0 Å². The van der Waals surface area contributed by atoms with Gasteiger partial charge < -0.3 is 19.9 Å². The Labute approximate surface area is 188 Å². The van der Waals surface area contributed by atoms with Gasteiger partial charge in [0, 0.05) is 49.2 Å². The van der Waals surface area contributed by atoms with E-state index in [2.05, 4.69) is 15.0 Å². The van der Waals surface area contributed by atoms with Gasteiger partial charge in [-0.2, -0.15) is 0 Å². The highest BCUT2D eigenvalue weighted by molar-refractivity contribution is 7.89. The Balaban J connectivity index is 1.67. The number of likely N-dealkylation sites (tertiary alicyclic amines) is 1. The van der Waals surface area contributed by atoms with Crippen molar-refractivity contribution in [1.82, 2.24) is 14.6 Å². The standard InChI is InChI=1S/C22H30N4O5S/c1-15-20(22(28)26-12-5-4-6-13-26)21(16(2)24-15)32(29,30)23-11-10-19(27)25-17-8-7-9-18(14-17)31-3/h7-9,14,23-24H,4-6,10-13H2,1-3H3,(H,25,27). The van der Waals surface area contributed by atoms with Gasteiger partial charge >= 0.3 is 0 Å². The number of rotatable bonds is 8. The molecule has 174 valence electrons. The van der Waals surface area contributed by atoms with E-state index in [0.29, 0.717) is 35.9 Å². The van der Waals surface area contributed by atoms with Crippen molar-refractivity contribution >= 4 is 27.5 Å². The highest BCUT2D eigenvalue weighted by atomic mass is 32.2. The summed E-state index contributed by atoms with van der Waals surface area (Å²) in [5, 5.41) is 2.71. The number of hydrogen-bond donors (Lipinski definition) is 3. The molecule has 2 amide bonds. The lowest BCUT2D eigenvalue weighted by Crippen LogP contribution is -2.37. The fraction of sp³-hybridized carbons (Fsp3) is 0.455. The second kappa shape index (κ2) is 10.2. The van der Waals surface area contributed by atoms with Crippen LogP contribution in [0.3, 0.4) is 0 Å². The van der Waals surface area contributed by atoms with E-state index in [1.54, 1.807) is 43.0 Å². The molecule has 9 nitrogen and oxygen atoms in total. The van der Waals surface area contributed by atoms with E-state index in [4.69, 9.17) is 4.74 Å². The van der Waals surface area contributed by atoms with Crippen molar-refractivity contribution in [2.75, 3.05) is 32.1 Å². The van der Waals surface area contributed by atoms with Crippen LogP contribution in [0.25, 0.3) is 0 Å². The van der Waals surface area contributed by atoms with Gasteiger partial charge in [0.15, 0.2) is 0 Å². The first-order chi connectivity index (χ1) is 15.2. The third-order valence-electron chi connectivity index (χ3n) is 5.44. The number of carbonyl (C=O) groups is 2. The SMILES string of the molecule is COc1cccc(NC(=O)CCNS(=O)(=O)c2c(C)[nH]c(C)c2C(=O)N2CCCCC2)c1. The van der Waals surface area contributed by atoms with Crippen LogP contribution in [0, 0.1) is 13.8 Å². The van der Waals surface area contributed by atoms with Crippen molar-refractivity contribution in [2.24, 2.45) is 0 Å². The van der Waals surface area contributed by atoms with E-state index in [0.717, 1.165) is 19.3 Å². The number of sulfonamides is 1. The monoisotopic (exact) mass is 462 g/mol. The van der Waals surface area contributed by atoms with E-state index in [9.17, 15) is 18.0 Å². The lowest BCUT2D eigenvalue weighted by molar-refractivity contribution is -0.116. The molecule has 2 heterocycles. The first kappa shape index (κ1) is 23.8. The number of benzene rings is 1. The number of hydrogen-bond acceptors (Lipinski definition) is 5. The van der Waals surface area contributed by atoms with Gasteiger partial charge in [-0.05, 0) is 45.2 Å². The third kappa shape index (κ3) is 5.49. The lowest BCUT2D eigenvalue weighted by Gasteiger charge is -2.27. The Hall–Kier alpha value is -2.85. The molecule has 0 radical (unpaired) electrons. The number of ether oxygens (including phenoxy) is 1. The van der Waals surface area contributed by atoms with E-state index < -0.39 is 10.0 Å². The number of aromatic nitrogens is 1. The van der Waals surface area contributed by atoms with Gasteiger partial charge in [-0.25, -0.2) is 13.1 Å². The molecule has 0 unspecified atom stereocenters. The maximum atomic E-state index is 13.1. The molecule has 1 aromatic carbocycles. The van der Waals surface area contributed by atoms with Crippen molar-refractivity contribution in [3.63, 3.8) is 0 Å². The summed E-state index contributed by atoms with van der Waals surface area (Å²) < 4.78 is 33.7. The van der Waals surface area contributed by atoms with Crippen LogP contribution >= 0.6 is 0 Å². The molecule has 1 aromatic heterocycles. The average molecular weight is 463 g/mol. The molecule has 2 aromatic rings. The van der Waals surface area contributed by atoms with Crippen LogP contribution in [-0.2, 0) is 14.8 Å². The van der Waals surface area contributed by atoms with Gasteiger partial charge in [-0.1, -0.05) is 6.07 Å². The van der Waals surface area contributed by atoms with Crippen molar-refractivity contribution in [3.8, 4) is 5.75 Å². The predicted molar refractivity (Wildman–Crippen MR) is 121 cm³/mol. The summed E-state index contributed by atoms with van der Waals surface area (Å²) in [6.07, 6.45) is 2.83. The summed E-state index contributed by atoms with van der Waals surface area (Å²) in [7, 11) is -2.46. The van der Waals surface area contributed by atoms with Crippen LogP contribution in [0.15, 0.2) is 29.2 Å². The summed E-state index contributed by atoms with van der Waals surface area (Å²) in [5.74, 6) is -0.0112. The Morgan fingerprint density at radius 1 is 1.12 bits per heavy atom. The second-order valence-electron chi connectivity index (χ2n) is 7.86. The fourth-order valence-electron chi connectivity index (χ4n) is 3.90. The first-order valence-electron chi connectivity index (χ1n) is 10.6. The van der Waals surface area contributed by atoms with Gasteiger partial charge in [0.2, 0.25) is 15.9 Å². The number of amides is 2. The number of H-pyrrole nitrogens is 1. The van der Waals surface area contributed by atoms with Crippen LogP contribution in [0.5, 0.6) is 5.75 Å². The zero-order valence-electron chi connectivity index (χ0n) is 18.7. The Morgan fingerprint density at radius 3 is 2.53 bits per heavy atom. The molecular formula is C22H30N4O5S. The van der Waals surface area contributed by atoms with Crippen LogP contribution in [0.1, 0.15) is 47.4 Å². The number of methoxy groups -OCH3 is 1. The number of nitrogens with zero attached hydrogens (tertiary/aromatic N) is 1. The second-order valence-corrected chi connectivity index (χ2v) is 9.56. The third-order valence-corrected chi connectivity index (χ3v) is 7.07. The Bertz CT molecular complexity index is 1090. The van der Waals surface area contributed by atoms with Crippen molar-refractivity contribution < 1.29 is 22.7 Å². The van der Waals surface area contributed by atoms with Crippen LogP contribution in [-0.4, -0.2) is 56.9 Å². The summed E-state index contributed by atoms with van der Waals surface area (Å²) >= 11 is 0. The summed E-state index contributed by atoms with van der Waals surface area (Å²) in [5.41, 5.74) is 1.66. The first-order valence-corrected chi connectivity index (χ1v) is 12.1. The normalized spacial score (nSPS) is 14.3. The lowest BCUT2D eigenvalue weighted by atomic mass is 10.1. The number of aromatic amines is 1. The zero-order chi connectivity index (χ0) is 23.3. The molecule has 0 aliphatic carbocycles. The van der Waals surface area contributed by atoms with E-state index in [-0.39, 0.29) is 35.2 Å². The zero-order valence-corrected chi connectivity index (χ0v) is 19.5. The van der Waals surface area contributed by atoms with Crippen molar-refractivity contribution in [3.05, 3.63) is 41.2 Å². The van der Waals surface area contributed by atoms with Crippen molar-refractivity contribution in [2.45, 2.75) is 44.4 Å². The number of anilines is 1. The van der Waals surface area contributed by atoms with Crippen LogP contribution in [0.2, 0.25) is 0 Å². The van der Waals surface area contributed by atoms with Gasteiger partial charge in [0.1, 0.15) is 10.6 Å². The van der Waals surface area contributed by atoms with E-state index in [1.807, 2.05) is 0 Å². The molecule has 32 heavy (non-hydrogen) atoms. The highest BCUT2D eigenvalue weighted by Gasteiger charge is 2.31. The number of nitrogens with one attached hydrogen (secondary N) is 3. The molecule has 0 bridgehead atoms. The molecule has 3 N–H and O–H groups in total. The molecule has 1 saturated heterocycles. The Kier molecular flexibility index (Phi) is 7.57. The summed E-state index contributed by atoms with van der Waals surface area (Å²) in [6.45, 7) is 4.48. The van der Waals surface area contributed by atoms with Gasteiger partial charge in [-0.15, -0.1) is 0 Å². The van der Waals surface area contributed by atoms with Crippen LogP contribution < -0.4 is 14.8 Å². The minimum atomic E-state index is -3.99. The molecule has 10 heteroatoms. The summed E-state index contributed by atoms with van der Waals surface area (Å²) in [4.78, 5) is 30.0. The largest absolute Gasteiger partial charge is 0.497 e.